The first-order valence-corrected chi connectivity index (χ1v) is 7.78. The van der Waals surface area contributed by atoms with Crippen LogP contribution in [0.25, 0.3) is 11.0 Å². The summed E-state index contributed by atoms with van der Waals surface area (Å²) in [5.74, 6) is -1.80. The van der Waals surface area contributed by atoms with E-state index in [2.05, 4.69) is 10.3 Å². The molecule has 0 spiro atoms. The van der Waals surface area contributed by atoms with E-state index in [0.29, 0.717) is 5.02 Å². The number of benzene rings is 2. The van der Waals surface area contributed by atoms with Crippen LogP contribution >= 0.6 is 23.2 Å². The smallest absolute Gasteiger partial charge is 0.323 e. The van der Waals surface area contributed by atoms with Gasteiger partial charge in [-0.2, -0.15) is 13.2 Å². The highest BCUT2D eigenvalue weighted by Crippen LogP contribution is 2.31. The number of halogens is 5. The van der Waals surface area contributed by atoms with Crippen molar-refractivity contribution >= 4 is 45.8 Å². The number of alkyl halides is 3. The molecule has 0 aliphatic carbocycles. The maximum absolute atomic E-state index is 13.2. The summed E-state index contributed by atoms with van der Waals surface area (Å²) in [7, 11) is 0. The number of hydrogen-bond acceptors (Lipinski definition) is 2. The number of hydrogen-bond donors (Lipinski definition) is 1. The van der Waals surface area contributed by atoms with Gasteiger partial charge in [0, 0.05) is 5.02 Å². The van der Waals surface area contributed by atoms with Crippen molar-refractivity contribution in [2.75, 3.05) is 5.32 Å². The van der Waals surface area contributed by atoms with Gasteiger partial charge in [-0.3, -0.25) is 4.79 Å². The highest BCUT2D eigenvalue weighted by Gasteiger charge is 2.38. The number of anilines is 1. The largest absolute Gasteiger partial charge is 0.449 e. The molecule has 1 heterocycles. The molecule has 0 bridgehead atoms. The van der Waals surface area contributed by atoms with Gasteiger partial charge in [-0.15, -0.1) is 0 Å². The summed E-state index contributed by atoms with van der Waals surface area (Å²) in [6.45, 7) is -0.561. The predicted octanol–water partition coefficient (Wildman–Crippen LogP) is 5.00. The molecule has 25 heavy (non-hydrogen) atoms. The van der Waals surface area contributed by atoms with Crippen LogP contribution in [-0.2, 0) is 17.5 Å². The predicted molar refractivity (Wildman–Crippen MR) is 89.8 cm³/mol. The summed E-state index contributed by atoms with van der Waals surface area (Å²) in [5, 5.41) is 3.04. The molecule has 3 aromatic rings. The molecule has 0 unspecified atom stereocenters. The number of nitrogens with zero attached hydrogens (tertiary/aromatic N) is 2. The fourth-order valence-electron chi connectivity index (χ4n) is 2.38. The summed E-state index contributed by atoms with van der Waals surface area (Å²) in [5.41, 5.74) is 0.633. The number of carbonyl (C=O) groups excluding carboxylic acids is 1. The van der Waals surface area contributed by atoms with Crippen molar-refractivity contribution in [3.63, 3.8) is 0 Å². The highest BCUT2D eigenvalue weighted by molar-refractivity contribution is 6.36. The molecule has 3 rings (SSSR count). The quantitative estimate of drug-likeness (QED) is 0.687. The van der Waals surface area contributed by atoms with Crippen molar-refractivity contribution in [2.45, 2.75) is 12.7 Å². The lowest BCUT2D eigenvalue weighted by atomic mass is 10.3. The van der Waals surface area contributed by atoms with Crippen LogP contribution in [0.1, 0.15) is 5.82 Å². The summed E-state index contributed by atoms with van der Waals surface area (Å²) in [4.78, 5) is 15.8. The molecule has 130 valence electrons. The van der Waals surface area contributed by atoms with Crippen LogP contribution in [0.3, 0.4) is 0 Å². The second kappa shape index (κ2) is 6.57. The molecule has 0 aliphatic rings. The zero-order valence-corrected chi connectivity index (χ0v) is 14.0. The van der Waals surface area contributed by atoms with Crippen LogP contribution in [0, 0.1) is 0 Å². The molecule has 1 amide bonds. The van der Waals surface area contributed by atoms with E-state index < -0.39 is 24.5 Å². The molecule has 1 aromatic heterocycles. The Morgan fingerprint density at radius 2 is 1.88 bits per heavy atom. The van der Waals surface area contributed by atoms with Crippen LogP contribution in [0.15, 0.2) is 42.5 Å². The Kier molecular flexibility index (Phi) is 4.62. The number of carbonyl (C=O) groups is 1. The molecular weight excluding hydrogens is 378 g/mol. The Hall–Kier alpha value is -2.25. The Bertz CT molecular complexity index is 953. The van der Waals surface area contributed by atoms with Gasteiger partial charge >= 0.3 is 6.18 Å². The van der Waals surface area contributed by atoms with Gasteiger partial charge in [-0.05, 0) is 30.3 Å². The molecule has 1 N–H and O–H groups in total. The third kappa shape index (κ3) is 3.72. The van der Waals surface area contributed by atoms with E-state index in [1.54, 1.807) is 12.1 Å². The van der Waals surface area contributed by atoms with E-state index in [0.717, 1.165) is 4.57 Å². The summed E-state index contributed by atoms with van der Waals surface area (Å²) >= 11 is 11.7. The number of aromatic nitrogens is 2. The number of imidazole rings is 1. The standard InChI is InChI=1S/C16H10Cl2F3N3O/c17-9-5-6-11(10(18)7-9)22-14(25)8-24-13-4-2-1-3-12(13)23-15(24)16(19,20)21/h1-7H,8H2,(H,22,25). The highest BCUT2D eigenvalue weighted by atomic mass is 35.5. The first-order valence-electron chi connectivity index (χ1n) is 7.03. The molecule has 0 aliphatic heterocycles. The van der Waals surface area contributed by atoms with E-state index in [1.165, 1.54) is 30.3 Å². The van der Waals surface area contributed by atoms with E-state index >= 15 is 0 Å². The normalized spacial score (nSPS) is 11.7. The van der Waals surface area contributed by atoms with Crippen LogP contribution in [0.2, 0.25) is 10.0 Å². The number of rotatable bonds is 3. The third-order valence-electron chi connectivity index (χ3n) is 3.42. The van der Waals surface area contributed by atoms with Crippen molar-refractivity contribution in [1.82, 2.24) is 9.55 Å². The third-order valence-corrected chi connectivity index (χ3v) is 3.96. The number of para-hydroxylation sites is 2. The molecular formula is C16H10Cl2F3N3O. The van der Waals surface area contributed by atoms with Crippen LogP contribution in [-0.4, -0.2) is 15.5 Å². The number of nitrogens with one attached hydrogen (secondary N) is 1. The van der Waals surface area contributed by atoms with Crippen molar-refractivity contribution in [3.05, 3.63) is 58.3 Å². The van der Waals surface area contributed by atoms with Gasteiger partial charge in [0.1, 0.15) is 6.54 Å². The SMILES string of the molecule is O=C(Cn1c(C(F)(F)F)nc2ccccc21)Nc1ccc(Cl)cc1Cl. The number of fused-ring (bicyclic) bond motifs is 1. The number of amides is 1. The maximum atomic E-state index is 13.2. The summed E-state index contributed by atoms with van der Waals surface area (Å²) in [6.07, 6.45) is -4.68. The maximum Gasteiger partial charge on any atom is 0.449 e. The van der Waals surface area contributed by atoms with Gasteiger partial charge in [-0.25, -0.2) is 4.98 Å². The fourth-order valence-corrected chi connectivity index (χ4v) is 2.83. The Labute approximate surface area is 150 Å². The zero-order chi connectivity index (χ0) is 18.2. The van der Waals surface area contributed by atoms with Crippen molar-refractivity contribution in [1.29, 1.82) is 0 Å². The minimum absolute atomic E-state index is 0.159. The zero-order valence-electron chi connectivity index (χ0n) is 12.4. The first kappa shape index (κ1) is 17.6. The average Bonchev–Trinajstić information content (AvgIpc) is 2.89. The molecule has 0 fully saturated rings. The molecule has 2 aromatic carbocycles. The van der Waals surface area contributed by atoms with Gasteiger partial charge in [0.15, 0.2) is 0 Å². The van der Waals surface area contributed by atoms with E-state index in [-0.39, 0.29) is 21.7 Å². The fraction of sp³-hybridized carbons (Fsp3) is 0.125. The second-order valence-corrected chi connectivity index (χ2v) is 6.02. The van der Waals surface area contributed by atoms with Crippen molar-refractivity contribution < 1.29 is 18.0 Å². The van der Waals surface area contributed by atoms with Gasteiger partial charge in [0.2, 0.25) is 11.7 Å². The Morgan fingerprint density at radius 1 is 1.16 bits per heavy atom. The van der Waals surface area contributed by atoms with Gasteiger partial charge < -0.3 is 9.88 Å². The van der Waals surface area contributed by atoms with Crippen molar-refractivity contribution in [2.24, 2.45) is 0 Å². The van der Waals surface area contributed by atoms with E-state index in [1.807, 2.05) is 0 Å². The van der Waals surface area contributed by atoms with Crippen LogP contribution < -0.4 is 5.32 Å². The Balaban J connectivity index is 1.93. The van der Waals surface area contributed by atoms with Gasteiger partial charge in [0.05, 0.1) is 21.7 Å². The first-order chi connectivity index (χ1) is 11.8. The van der Waals surface area contributed by atoms with Crippen molar-refractivity contribution in [3.8, 4) is 0 Å². The topological polar surface area (TPSA) is 46.9 Å². The van der Waals surface area contributed by atoms with Gasteiger partial charge in [0.25, 0.3) is 0 Å². The summed E-state index contributed by atoms with van der Waals surface area (Å²) in [6, 6.07) is 10.5. The lowest BCUT2D eigenvalue weighted by Gasteiger charge is -2.12. The molecule has 9 heteroatoms. The van der Waals surface area contributed by atoms with Crippen LogP contribution in [0.4, 0.5) is 18.9 Å². The lowest BCUT2D eigenvalue weighted by molar-refractivity contribution is -0.147. The Morgan fingerprint density at radius 3 is 2.56 bits per heavy atom. The van der Waals surface area contributed by atoms with E-state index in [4.69, 9.17) is 23.2 Å². The lowest BCUT2D eigenvalue weighted by Crippen LogP contribution is -2.23. The van der Waals surface area contributed by atoms with Gasteiger partial charge in [-0.1, -0.05) is 35.3 Å². The monoisotopic (exact) mass is 387 g/mol. The second-order valence-electron chi connectivity index (χ2n) is 5.18. The minimum Gasteiger partial charge on any atom is -0.323 e. The summed E-state index contributed by atoms with van der Waals surface area (Å²) < 4.78 is 40.5. The molecule has 0 radical (unpaired) electrons. The minimum atomic E-state index is -4.68. The molecule has 0 saturated heterocycles. The molecule has 0 saturated carbocycles. The van der Waals surface area contributed by atoms with E-state index in [9.17, 15) is 18.0 Å². The molecule has 4 nitrogen and oxygen atoms in total. The average molecular weight is 388 g/mol. The van der Waals surface area contributed by atoms with Crippen LogP contribution in [0.5, 0.6) is 0 Å². The molecule has 0 atom stereocenters.